The van der Waals surface area contributed by atoms with E-state index in [2.05, 4.69) is 12.2 Å². The molecule has 104 valence electrons. The molecule has 3 unspecified atom stereocenters. The van der Waals surface area contributed by atoms with Crippen molar-refractivity contribution >= 4 is 12.0 Å². The SMILES string of the molecule is CC1CC(C)N(C(=O)NCC(C(=O)O)C(C)C)C1. The molecular weight excluding hydrogens is 232 g/mol. The van der Waals surface area contributed by atoms with E-state index in [0.717, 1.165) is 13.0 Å². The fraction of sp³-hybridized carbons (Fsp3) is 0.846. The third kappa shape index (κ3) is 3.62. The number of amides is 2. The van der Waals surface area contributed by atoms with Gasteiger partial charge in [-0.2, -0.15) is 0 Å². The summed E-state index contributed by atoms with van der Waals surface area (Å²) in [6, 6.07) is 0.0982. The molecule has 0 aromatic heterocycles. The summed E-state index contributed by atoms with van der Waals surface area (Å²) in [6.45, 7) is 8.81. The van der Waals surface area contributed by atoms with Crippen LogP contribution in [0.2, 0.25) is 0 Å². The quantitative estimate of drug-likeness (QED) is 0.805. The molecule has 1 heterocycles. The van der Waals surface area contributed by atoms with Crippen molar-refractivity contribution in [1.29, 1.82) is 0 Å². The van der Waals surface area contributed by atoms with Crippen LogP contribution in [0.3, 0.4) is 0 Å². The van der Waals surface area contributed by atoms with Gasteiger partial charge in [-0.05, 0) is 25.2 Å². The van der Waals surface area contributed by atoms with Crippen molar-refractivity contribution in [2.24, 2.45) is 17.8 Å². The fourth-order valence-corrected chi connectivity index (χ4v) is 2.49. The van der Waals surface area contributed by atoms with Crippen LogP contribution in [0, 0.1) is 17.8 Å². The predicted octanol–water partition coefficient (Wildman–Crippen LogP) is 1.78. The van der Waals surface area contributed by atoms with Crippen molar-refractivity contribution in [1.82, 2.24) is 10.2 Å². The maximum Gasteiger partial charge on any atom is 0.317 e. The van der Waals surface area contributed by atoms with E-state index in [0.29, 0.717) is 5.92 Å². The fourth-order valence-electron chi connectivity index (χ4n) is 2.49. The topological polar surface area (TPSA) is 69.6 Å². The number of rotatable bonds is 4. The molecule has 18 heavy (non-hydrogen) atoms. The zero-order valence-corrected chi connectivity index (χ0v) is 11.6. The average molecular weight is 256 g/mol. The van der Waals surface area contributed by atoms with Gasteiger partial charge in [0.1, 0.15) is 0 Å². The van der Waals surface area contributed by atoms with Gasteiger partial charge < -0.3 is 15.3 Å². The lowest BCUT2D eigenvalue weighted by Gasteiger charge is -2.24. The zero-order valence-electron chi connectivity index (χ0n) is 11.6. The molecule has 3 atom stereocenters. The van der Waals surface area contributed by atoms with Gasteiger partial charge in [0.2, 0.25) is 0 Å². The molecule has 1 rings (SSSR count). The van der Waals surface area contributed by atoms with E-state index in [4.69, 9.17) is 5.11 Å². The molecule has 0 radical (unpaired) electrons. The smallest absolute Gasteiger partial charge is 0.317 e. The minimum absolute atomic E-state index is 0.0118. The van der Waals surface area contributed by atoms with Crippen LogP contribution in [0.4, 0.5) is 4.79 Å². The summed E-state index contributed by atoms with van der Waals surface area (Å²) in [7, 11) is 0. The Labute approximate surface area is 109 Å². The molecule has 5 nitrogen and oxygen atoms in total. The Kier molecular flexibility index (Phi) is 4.99. The molecule has 1 fully saturated rings. The van der Waals surface area contributed by atoms with E-state index in [1.54, 1.807) is 4.90 Å². The van der Waals surface area contributed by atoms with E-state index < -0.39 is 11.9 Å². The van der Waals surface area contributed by atoms with Gasteiger partial charge in [-0.3, -0.25) is 4.79 Å². The van der Waals surface area contributed by atoms with Gasteiger partial charge in [0.05, 0.1) is 5.92 Å². The van der Waals surface area contributed by atoms with Gasteiger partial charge >= 0.3 is 12.0 Å². The number of carboxylic acid groups (broad SMARTS) is 1. The number of carbonyl (C=O) groups is 2. The van der Waals surface area contributed by atoms with Gasteiger partial charge in [0.25, 0.3) is 0 Å². The summed E-state index contributed by atoms with van der Waals surface area (Å²) in [5.41, 5.74) is 0. The largest absolute Gasteiger partial charge is 0.481 e. The molecule has 0 aromatic rings. The van der Waals surface area contributed by atoms with E-state index in [9.17, 15) is 9.59 Å². The molecule has 0 saturated carbocycles. The molecule has 1 aliphatic rings. The van der Waals surface area contributed by atoms with E-state index in [1.165, 1.54) is 0 Å². The second kappa shape index (κ2) is 6.07. The average Bonchev–Trinajstić information content (AvgIpc) is 2.56. The number of likely N-dealkylation sites (tertiary alicyclic amines) is 1. The van der Waals surface area contributed by atoms with Crippen molar-refractivity contribution < 1.29 is 14.7 Å². The maximum atomic E-state index is 12.0. The maximum absolute atomic E-state index is 12.0. The molecule has 0 aliphatic carbocycles. The van der Waals surface area contributed by atoms with E-state index >= 15 is 0 Å². The minimum atomic E-state index is -0.854. The molecule has 1 saturated heterocycles. The Morgan fingerprint density at radius 1 is 1.39 bits per heavy atom. The number of nitrogens with one attached hydrogen (secondary N) is 1. The van der Waals surface area contributed by atoms with Crippen LogP contribution in [0.1, 0.15) is 34.1 Å². The second-order valence-electron chi connectivity index (χ2n) is 5.72. The predicted molar refractivity (Wildman–Crippen MR) is 69.3 cm³/mol. The van der Waals surface area contributed by atoms with Crippen LogP contribution in [0.25, 0.3) is 0 Å². The van der Waals surface area contributed by atoms with Crippen molar-refractivity contribution in [3.63, 3.8) is 0 Å². The van der Waals surface area contributed by atoms with E-state index in [1.807, 2.05) is 20.8 Å². The highest BCUT2D eigenvalue weighted by atomic mass is 16.4. The molecule has 0 bridgehead atoms. The third-order valence-electron chi connectivity index (χ3n) is 3.64. The highest BCUT2D eigenvalue weighted by Gasteiger charge is 2.30. The lowest BCUT2D eigenvalue weighted by molar-refractivity contribution is -0.142. The van der Waals surface area contributed by atoms with Crippen LogP contribution in [-0.2, 0) is 4.79 Å². The second-order valence-corrected chi connectivity index (χ2v) is 5.72. The Morgan fingerprint density at radius 2 is 2.00 bits per heavy atom. The highest BCUT2D eigenvalue weighted by molar-refractivity contribution is 5.76. The van der Waals surface area contributed by atoms with Gasteiger partial charge in [-0.25, -0.2) is 4.79 Å². The van der Waals surface area contributed by atoms with Gasteiger partial charge in [-0.1, -0.05) is 20.8 Å². The summed E-state index contributed by atoms with van der Waals surface area (Å²) < 4.78 is 0. The van der Waals surface area contributed by atoms with Crippen molar-refractivity contribution in [2.45, 2.75) is 40.2 Å². The molecule has 1 aliphatic heterocycles. The molecular formula is C13H24N2O3. The molecule has 2 N–H and O–H groups in total. The number of carboxylic acids is 1. The zero-order chi connectivity index (χ0) is 13.9. The van der Waals surface area contributed by atoms with Crippen LogP contribution in [-0.4, -0.2) is 41.1 Å². The number of carbonyl (C=O) groups excluding carboxylic acids is 1. The van der Waals surface area contributed by atoms with Crippen molar-refractivity contribution in [2.75, 3.05) is 13.1 Å². The Bertz CT molecular complexity index is 317. The molecule has 2 amide bonds. The van der Waals surface area contributed by atoms with Gasteiger partial charge in [0.15, 0.2) is 0 Å². The highest BCUT2D eigenvalue weighted by Crippen LogP contribution is 2.22. The third-order valence-corrected chi connectivity index (χ3v) is 3.64. The molecule has 0 spiro atoms. The normalized spacial score (nSPS) is 25.3. The van der Waals surface area contributed by atoms with Crippen molar-refractivity contribution in [3.8, 4) is 0 Å². The Hall–Kier alpha value is -1.26. The van der Waals surface area contributed by atoms with Gasteiger partial charge in [-0.15, -0.1) is 0 Å². The van der Waals surface area contributed by atoms with Gasteiger partial charge in [0, 0.05) is 19.1 Å². The number of hydrogen-bond donors (Lipinski definition) is 2. The number of urea groups is 1. The first-order valence-electron chi connectivity index (χ1n) is 6.60. The lowest BCUT2D eigenvalue weighted by atomic mass is 9.96. The van der Waals surface area contributed by atoms with Crippen LogP contribution in [0.5, 0.6) is 0 Å². The Morgan fingerprint density at radius 3 is 2.39 bits per heavy atom. The number of nitrogens with zero attached hydrogens (tertiary/aromatic N) is 1. The van der Waals surface area contributed by atoms with Crippen molar-refractivity contribution in [3.05, 3.63) is 0 Å². The summed E-state index contributed by atoms with van der Waals surface area (Å²) in [5, 5.41) is 11.8. The molecule has 5 heteroatoms. The lowest BCUT2D eigenvalue weighted by Crippen LogP contribution is -2.45. The summed E-state index contributed by atoms with van der Waals surface area (Å²) in [6.07, 6.45) is 1.01. The standard InChI is InChI=1S/C13H24N2O3/c1-8(2)11(12(16)17)6-14-13(18)15-7-9(3)5-10(15)4/h8-11H,5-7H2,1-4H3,(H,14,18)(H,16,17). The van der Waals surface area contributed by atoms with Crippen LogP contribution >= 0.6 is 0 Å². The number of hydrogen-bond acceptors (Lipinski definition) is 2. The van der Waals surface area contributed by atoms with Crippen LogP contribution < -0.4 is 5.32 Å². The summed E-state index contributed by atoms with van der Waals surface area (Å²) in [4.78, 5) is 24.8. The number of aliphatic carboxylic acids is 1. The minimum Gasteiger partial charge on any atom is -0.481 e. The summed E-state index contributed by atoms with van der Waals surface area (Å²) in [5.74, 6) is -0.846. The molecule has 0 aromatic carbocycles. The Balaban J connectivity index is 2.48. The summed E-state index contributed by atoms with van der Waals surface area (Å²) >= 11 is 0. The first-order chi connectivity index (χ1) is 8.32. The first kappa shape index (κ1) is 14.8. The van der Waals surface area contributed by atoms with E-state index in [-0.39, 0.29) is 24.5 Å². The van der Waals surface area contributed by atoms with Crippen LogP contribution in [0.15, 0.2) is 0 Å². The first-order valence-corrected chi connectivity index (χ1v) is 6.60. The monoisotopic (exact) mass is 256 g/mol.